The molecular formula is C12H13NO2S. The van der Waals surface area contributed by atoms with Crippen LogP contribution in [0.5, 0.6) is 5.88 Å². The molecule has 0 bridgehead atoms. The summed E-state index contributed by atoms with van der Waals surface area (Å²) in [6, 6.07) is 7.51. The molecule has 1 unspecified atom stereocenters. The second-order valence-electron chi connectivity index (χ2n) is 3.48. The molecule has 0 fully saturated rings. The van der Waals surface area contributed by atoms with Crippen molar-refractivity contribution >= 4 is 11.3 Å². The van der Waals surface area contributed by atoms with Gasteiger partial charge in [0.1, 0.15) is 6.10 Å². The van der Waals surface area contributed by atoms with Gasteiger partial charge in [-0.15, -0.1) is 11.3 Å². The first-order valence-electron chi connectivity index (χ1n) is 4.95. The highest BCUT2D eigenvalue weighted by Crippen LogP contribution is 2.28. The molecule has 2 rings (SSSR count). The van der Waals surface area contributed by atoms with Gasteiger partial charge in [0.15, 0.2) is 0 Å². The molecule has 0 aliphatic heterocycles. The van der Waals surface area contributed by atoms with E-state index < -0.39 is 6.10 Å². The van der Waals surface area contributed by atoms with E-state index >= 15 is 0 Å². The monoisotopic (exact) mass is 235 g/mol. The molecule has 2 aromatic rings. The van der Waals surface area contributed by atoms with E-state index in [0.29, 0.717) is 5.88 Å². The van der Waals surface area contributed by atoms with Crippen LogP contribution in [0.3, 0.4) is 0 Å². The van der Waals surface area contributed by atoms with Crippen LogP contribution in [0.15, 0.2) is 30.5 Å². The fourth-order valence-electron chi connectivity index (χ4n) is 1.44. The van der Waals surface area contributed by atoms with Crippen molar-refractivity contribution in [1.29, 1.82) is 0 Å². The second kappa shape index (κ2) is 4.63. The van der Waals surface area contributed by atoms with Gasteiger partial charge in [-0.1, -0.05) is 0 Å². The Kier molecular flexibility index (Phi) is 3.22. The lowest BCUT2D eigenvalue weighted by molar-refractivity contribution is 0.223. The molecule has 2 heterocycles. The van der Waals surface area contributed by atoms with Crippen LogP contribution in [-0.4, -0.2) is 17.2 Å². The summed E-state index contributed by atoms with van der Waals surface area (Å²) in [7, 11) is 1.57. The molecule has 16 heavy (non-hydrogen) atoms. The van der Waals surface area contributed by atoms with Gasteiger partial charge in [-0.25, -0.2) is 4.98 Å². The predicted molar refractivity (Wildman–Crippen MR) is 63.9 cm³/mol. The maximum absolute atomic E-state index is 10.1. The summed E-state index contributed by atoms with van der Waals surface area (Å²) in [4.78, 5) is 6.20. The summed E-state index contributed by atoms with van der Waals surface area (Å²) in [5, 5.41) is 10.1. The third kappa shape index (κ3) is 2.23. The summed E-state index contributed by atoms with van der Waals surface area (Å²) in [6.07, 6.45) is 1.04. The molecule has 0 spiro atoms. The van der Waals surface area contributed by atoms with Gasteiger partial charge in [0.05, 0.1) is 7.11 Å². The fraction of sp³-hybridized carbons (Fsp3) is 0.250. The Bertz CT molecular complexity index is 464. The highest BCUT2D eigenvalue weighted by molar-refractivity contribution is 7.12. The normalized spacial score (nSPS) is 12.4. The van der Waals surface area contributed by atoms with Crippen LogP contribution in [0, 0.1) is 6.92 Å². The zero-order chi connectivity index (χ0) is 11.5. The van der Waals surface area contributed by atoms with E-state index in [1.807, 2.05) is 25.1 Å². The van der Waals surface area contributed by atoms with Crippen molar-refractivity contribution in [2.24, 2.45) is 0 Å². The third-order valence-corrected chi connectivity index (χ3v) is 3.37. The van der Waals surface area contributed by atoms with E-state index in [2.05, 4.69) is 4.98 Å². The molecule has 0 radical (unpaired) electrons. The molecule has 1 N–H and O–H groups in total. The van der Waals surface area contributed by atoms with Crippen LogP contribution in [0.2, 0.25) is 0 Å². The zero-order valence-electron chi connectivity index (χ0n) is 9.18. The Morgan fingerprint density at radius 1 is 1.31 bits per heavy atom. The SMILES string of the molecule is COc1ccc(C(O)c2ccc(C)s2)cn1. The summed E-state index contributed by atoms with van der Waals surface area (Å²) in [5.41, 5.74) is 0.780. The van der Waals surface area contributed by atoms with Crippen LogP contribution in [0.1, 0.15) is 21.4 Å². The van der Waals surface area contributed by atoms with Crippen LogP contribution in [0.4, 0.5) is 0 Å². The number of ether oxygens (including phenoxy) is 1. The minimum absolute atomic E-state index is 0.554. The number of pyridine rings is 1. The van der Waals surface area contributed by atoms with Gasteiger partial charge in [0.2, 0.25) is 5.88 Å². The number of nitrogens with zero attached hydrogens (tertiary/aromatic N) is 1. The predicted octanol–water partition coefficient (Wildman–Crippen LogP) is 2.54. The summed E-state index contributed by atoms with van der Waals surface area (Å²) < 4.78 is 4.97. The third-order valence-electron chi connectivity index (χ3n) is 2.31. The van der Waals surface area contributed by atoms with Crippen molar-refractivity contribution in [2.75, 3.05) is 7.11 Å². The first-order valence-corrected chi connectivity index (χ1v) is 5.76. The van der Waals surface area contributed by atoms with Gasteiger partial charge in [0.25, 0.3) is 0 Å². The minimum Gasteiger partial charge on any atom is -0.481 e. The fourth-order valence-corrected chi connectivity index (χ4v) is 2.33. The lowest BCUT2D eigenvalue weighted by Gasteiger charge is -2.08. The van der Waals surface area contributed by atoms with Gasteiger partial charge >= 0.3 is 0 Å². The molecular weight excluding hydrogens is 222 g/mol. The molecule has 0 aromatic carbocycles. The number of hydrogen-bond donors (Lipinski definition) is 1. The average molecular weight is 235 g/mol. The van der Waals surface area contributed by atoms with E-state index in [-0.39, 0.29) is 0 Å². The van der Waals surface area contributed by atoms with Gasteiger partial charge in [-0.05, 0) is 25.1 Å². The van der Waals surface area contributed by atoms with E-state index in [1.54, 1.807) is 30.7 Å². The van der Waals surface area contributed by atoms with Crippen molar-refractivity contribution in [2.45, 2.75) is 13.0 Å². The number of aliphatic hydroxyl groups is 1. The summed E-state index contributed by atoms with van der Waals surface area (Å²) >= 11 is 1.59. The van der Waals surface area contributed by atoms with Crippen molar-refractivity contribution in [3.8, 4) is 5.88 Å². The molecule has 0 saturated heterocycles. The largest absolute Gasteiger partial charge is 0.481 e. The number of aliphatic hydroxyl groups excluding tert-OH is 1. The number of methoxy groups -OCH3 is 1. The maximum Gasteiger partial charge on any atom is 0.212 e. The number of aromatic nitrogens is 1. The number of rotatable bonds is 3. The minimum atomic E-state index is -0.600. The highest BCUT2D eigenvalue weighted by atomic mass is 32.1. The molecule has 84 valence electrons. The Morgan fingerprint density at radius 2 is 2.12 bits per heavy atom. The Morgan fingerprint density at radius 3 is 2.62 bits per heavy atom. The summed E-state index contributed by atoms with van der Waals surface area (Å²) in [5.74, 6) is 0.554. The Balaban J connectivity index is 2.23. The molecule has 4 heteroatoms. The molecule has 3 nitrogen and oxygen atoms in total. The van der Waals surface area contributed by atoms with Gasteiger partial charge < -0.3 is 9.84 Å². The van der Waals surface area contributed by atoms with Gasteiger partial charge in [0, 0.05) is 27.6 Å². The Hall–Kier alpha value is -1.39. The highest BCUT2D eigenvalue weighted by Gasteiger charge is 2.12. The molecule has 0 amide bonds. The first kappa shape index (κ1) is 11.1. The van der Waals surface area contributed by atoms with Crippen LogP contribution < -0.4 is 4.74 Å². The zero-order valence-corrected chi connectivity index (χ0v) is 9.99. The van der Waals surface area contributed by atoms with E-state index in [1.165, 1.54) is 4.88 Å². The van der Waals surface area contributed by atoms with Gasteiger partial charge in [-0.3, -0.25) is 0 Å². The van der Waals surface area contributed by atoms with Crippen molar-refractivity contribution in [1.82, 2.24) is 4.98 Å². The number of hydrogen-bond acceptors (Lipinski definition) is 4. The van der Waals surface area contributed by atoms with E-state index in [4.69, 9.17) is 4.74 Å². The maximum atomic E-state index is 10.1. The molecule has 1 atom stereocenters. The second-order valence-corrected chi connectivity index (χ2v) is 4.80. The standard InChI is InChI=1S/C12H13NO2S/c1-8-3-5-10(16-8)12(14)9-4-6-11(15-2)13-7-9/h3-7,12,14H,1-2H3. The van der Waals surface area contributed by atoms with Crippen LogP contribution >= 0.6 is 11.3 Å². The molecule has 0 aliphatic rings. The van der Waals surface area contributed by atoms with Gasteiger partial charge in [-0.2, -0.15) is 0 Å². The summed E-state index contributed by atoms with van der Waals surface area (Å²) in [6.45, 7) is 2.02. The number of aryl methyl sites for hydroxylation is 1. The van der Waals surface area contributed by atoms with Crippen LogP contribution in [0.25, 0.3) is 0 Å². The topological polar surface area (TPSA) is 42.4 Å². The van der Waals surface area contributed by atoms with Crippen molar-refractivity contribution in [3.63, 3.8) is 0 Å². The quantitative estimate of drug-likeness (QED) is 0.889. The van der Waals surface area contributed by atoms with Crippen LogP contribution in [-0.2, 0) is 0 Å². The Labute approximate surface area is 98.4 Å². The first-order chi connectivity index (χ1) is 7.70. The van der Waals surface area contributed by atoms with Crippen molar-refractivity contribution < 1.29 is 9.84 Å². The molecule has 0 aliphatic carbocycles. The lowest BCUT2D eigenvalue weighted by atomic mass is 10.1. The van der Waals surface area contributed by atoms with Crippen molar-refractivity contribution in [3.05, 3.63) is 45.8 Å². The van der Waals surface area contributed by atoms with E-state index in [9.17, 15) is 5.11 Å². The van der Waals surface area contributed by atoms with E-state index in [0.717, 1.165) is 10.4 Å². The molecule has 0 saturated carbocycles. The molecule has 2 aromatic heterocycles. The number of thiophene rings is 1. The average Bonchev–Trinajstić information content (AvgIpc) is 2.75. The lowest BCUT2D eigenvalue weighted by Crippen LogP contribution is -1.98. The smallest absolute Gasteiger partial charge is 0.212 e.